The fraction of sp³-hybridized carbons (Fsp3) is 0.381. The van der Waals surface area contributed by atoms with Crippen molar-refractivity contribution in [3.8, 4) is 10.4 Å². The summed E-state index contributed by atoms with van der Waals surface area (Å²) in [5.74, 6) is -0.521. The number of rotatable bonds is 8. The number of nitrogens with one attached hydrogen (secondary N) is 2. The number of aromatic nitrogens is 2. The predicted octanol–water partition coefficient (Wildman–Crippen LogP) is 2.99. The maximum Gasteiger partial charge on any atom is 0.255 e. The second-order valence-corrected chi connectivity index (χ2v) is 8.59. The van der Waals surface area contributed by atoms with E-state index in [1.54, 1.807) is 18.6 Å². The molecule has 2 heterocycles. The first-order valence-corrected chi connectivity index (χ1v) is 10.4. The Kier molecular flexibility index (Phi) is 6.64. The minimum Gasteiger partial charge on any atom is -0.392 e. The van der Waals surface area contributed by atoms with E-state index < -0.39 is 23.8 Å². The zero-order valence-electron chi connectivity index (χ0n) is 17.0. The number of hydrogen-bond acceptors (Lipinski definition) is 7. The van der Waals surface area contributed by atoms with Crippen molar-refractivity contribution >= 4 is 33.8 Å². The third-order valence-corrected chi connectivity index (χ3v) is 5.43. The minimum atomic E-state index is -1.62. The molecule has 1 amide bonds. The number of anilines is 1. The molecule has 0 spiro atoms. The number of aliphatic hydroxyl groups is 2. The Morgan fingerprint density at radius 1 is 1.30 bits per heavy atom. The summed E-state index contributed by atoms with van der Waals surface area (Å²) in [7, 11) is 0. The molecule has 0 aliphatic heterocycles. The molecule has 0 saturated heterocycles. The Morgan fingerprint density at radius 2 is 2.07 bits per heavy atom. The molecule has 1 unspecified atom stereocenters. The summed E-state index contributed by atoms with van der Waals surface area (Å²) in [4.78, 5) is 22.2. The highest BCUT2D eigenvalue weighted by atomic mass is 32.1. The second kappa shape index (κ2) is 9.03. The van der Waals surface area contributed by atoms with Gasteiger partial charge in [0.25, 0.3) is 5.91 Å². The number of nitrogens with zero attached hydrogens (tertiary/aromatic N) is 2. The molecule has 0 saturated carbocycles. The maximum atomic E-state index is 14.1. The third kappa shape index (κ3) is 5.10. The van der Waals surface area contributed by atoms with E-state index in [0.29, 0.717) is 16.6 Å². The number of carbonyl (C=O) groups is 1. The number of aliphatic hydroxyl groups excluding tert-OH is 1. The number of pyridine rings is 1. The van der Waals surface area contributed by atoms with Crippen LogP contribution in [0.5, 0.6) is 0 Å². The van der Waals surface area contributed by atoms with Crippen molar-refractivity contribution in [1.82, 2.24) is 15.3 Å². The molecule has 160 valence electrons. The summed E-state index contributed by atoms with van der Waals surface area (Å²) in [6.07, 6.45) is 0.920. The zero-order valence-corrected chi connectivity index (χ0v) is 17.8. The summed E-state index contributed by atoms with van der Waals surface area (Å²) < 4.78 is 14.1. The third-order valence-electron chi connectivity index (χ3n) is 4.61. The van der Waals surface area contributed by atoms with Gasteiger partial charge in [0.2, 0.25) is 0 Å². The van der Waals surface area contributed by atoms with Crippen LogP contribution in [0.25, 0.3) is 21.3 Å². The summed E-state index contributed by atoms with van der Waals surface area (Å²) in [6, 6.07) is 5.69. The van der Waals surface area contributed by atoms with Crippen molar-refractivity contribution in [2.24, 2.45) is 0 Å². The second-order valence-electron chi connectivity index (χ2n) is 7.71. The lowest BCUT2D eigenvalue weighted by Gasteiger charge is -2.23. The standard InChI is InChI=1S/C21H25FN4O3S/c1-12(27)7-25-19-14-6-13(17-9-23-11-30-17)4-5-16(14)24-8-15(19)20(28)26-10-18(22)21(2,3)29/h4-6,8-9,11-12,18,27,29H,7,10H2,1-3H3,(H,24,25)(H,26,28)/t12?,18-/m1/s1. The van der Waals surface area contributed by atoms with E-state index in [-0.39, 0.29) is 18.7 Å². The summed E-state index contributed by atoms with van der Waals surface area (Å²) in [5.41, 5.74) is 2.51. The summed E-state index contributed by atoms with van der Waals surface area (Å²) in [5, 5.41) is 25.8. The normalized spacial score (nSPS) is 13.8. The first-order chi connectivity index (χ1) is 14.2. The van der Waals surface area contributed by atoms with Gasteiger partial charge in [0.15, 0.2) is 0 Å². The zero-order chi connectivity index (χ0) is 21.9. The Bertz CT molecular complexity index is 1020. The molecule has 0 aliphatic carbocycles. The van der Waals surface area contributed by atoms with Gasteiger partial charge in [-0.05, 0) is 38.5 Å². The van der Waals surface area contributed by atoms with E-state index in [0.717, 1.165) is 10.4 Å². The minimum absolute atomic E-state index is 0.222. The molecule has 2 aromatic heterocycles. The molecule has 4 N–H and O–H groups in total. The molecular formula is C21H25FN4O3S. The van der Waals surface area contributed by atoms with Crippen LogP contribution in [0, 0.1) is 0 Å². The molecule has 3 aromatic rings. The van der Waals surface area contributed by atoms with E-state index >= 15 is 0 Å². The fourth-order valence-electron chi connectivity index (χ4n) is 2.84. The number of hydrogen-bond donors (Lipinski definition) is 4. The average molecular weight is 433 g/mol. The number of benzene rings is 1. The number of amides is 1. The molecule has 30 heavy (non-hydrogen) atoms. The summed E-state index contributed by atoms with van der Waals surface area (Å²) in [6.45, 7) is 4.21. The van der Waals surface area contributed by atoms with Crippen molar-refractivity contribution < 1.29 is 19.4 Å². The monoisotopic (exact) mass is 432 g/mol. The number of alkyl halides is 1. The van der Waals surface area contributed by atoms with Crippen molar-refractivity contribution in [3.05, 3.63) is 41.7 Å². The number of carbonyl (C=O) groups excluding carboxylic acids is 1. The lowest BCUT2D eigenvalue weighted by Crippen LogP contribution is -2.42. The first kappa shape index (κ1) is 22.1. The van der Waals surface area contributed by atoms with Gasteiger partial charge in [-0.15, -0.1) is 11.3 Å². The molecule has 1 aromatic carbocycles. The van der Waals surface area contributed by atoms with Gasteiger partial charge in [-0.25, -0.2) is 4.39 Å². The molecule has 9 heteroatoms. The first-order valence-electron chi connectivity index (χ1n) is 9.55. The van der Waals surface area contributed by atoms with E-state index in [4.69, 9.17) is 0 Å². The van der Waals surface area contributed by atoms with Crippen LogP contribution >= 0.6 is 11.3 Å². The maximum absolute atomic E-state index is 14.1. The molecule has 0 bridgehead atoms. The lowest BCUT2D eigenvalue weighted by atomic mass is 10.0. The van der Waals surface area contributed by atoms with Gasteiger partial charge in [0.1, 0.15) is 6.17 Å². The van der Waals surface area contributed by atoms with Crippen molar-refractivity contribution in [2.75, 3.05) is 18.4 Å². The van der Waals surface area contributed by atoms with Gasteiger partial charge in [-0.2, -0.15) is 0 Å². The Hall–Kier alpha value is -2.62. The molecule has 7 nitrogen and oxygen atoms in total. The molecule has 0 radical (unpaired) electrons. The molecule has 2 atom stereocenters. The van der Waals surface area contributed by atoms with Gasteiger partial charge in [0.05, 0.1) is 45.4 Å². The molecule has 3 rings (SSSR count). The van der Waals surface area contributed by atoms with Crippen LogP contribution in [0.4, 0.5) is 10.1 Å². The highest BCUT2D eigenvalue weighted by Gasteiger charge is 2.27. The van der Waals surface area contributed by atoms with Crippen LogP contribution in [-0.2, 0) is 0 Å². The van der Waals surface area contributed by atoms with Gasteiger partial charge in [-0.3, -0.25) is 14.8 Å². The van der Waals surface area contributed by atoms with Gasteiger partial charge >= 0.3 is 0 Å². The van der Waals surface area contributed by atoms with Crippen molar-refractivity contribution in [3.63, 3.8) is 0 Å². The highest BCUT2D eigenvalue weighted by molar-refractivity contribution is 7.13. The van der Waals surface area contributed by atoms with E-state index in [2.05, 4.69) is 20.6 Å². The van der Waals surface area contributed by atoms with Crippen LogP contribution in [0.3, 0.4) is 0 Å². The van der Waals surface area contributed by atoms with Gasteiger partial charge in [-0.1, -0.05) is 6.07 Å². The highest BCUT2D eigenvalue weighted by Crippen LogP contribution is 2.32. The molecule has 0 fully saturated rings. The Labute approximate surface area is 178 Å². The Balaban J connectivity index is 1.99. The lowest BCUT2D eigenvalue weighted by molar-refractivity contribution is -0.00177. The molecular weight excluding hydrogens is 407 g/mol. The van der Waals surface area contributed by atoms with Gasteiger partial charge in [0, 0.05) is 24.3 Å². The SMILES string of the molecule is CC(O)CNc1c(C(=O)NC[C@@H](F)C(C)(C)O)cnc2ccc(-c3cncs3)cc12. The van der Waals surface area contributed by atoms with Crippen molar-refractivity contribution in [2.45, 2.75) is 38.6 Å². The molecule has 0 aliphatic rings. The number of thiazole rings is 1. The Morgan fingerprint density at radius 3 is 2.70 bits per heavy atom. The predicted molar refractivity (Wildman–Crippen MR) is 117 cm³/mol. The van der Waals surface area contributed by atoms with E-state index in [9.17, 15) is 19.4 Å². The smallest absolute Gasteiger partial charge is 0.255 e. The average Bonchev–Trinajstić information content (AvgIpc) is 3.23. The number of halogens is 1. The fourth-order valence-corrected chi connectivity index (χ4v) is 3.46. The summed E-state index contributed by atoms with van der Waals surface area (Å²) >= 11 is 1.50. The van der Waals surface area contributed by atoms with Crippen LogP contribution in [0.1, 0.15) is 31.1 Å². The van der Waals surface area contributed by atoms with Crippen LogP contribution in [-0.4, -0.2) is 57.1 Å². The van der Waals surface area contributed by atoms with Crippen LogP contribution < -0.4 is 10.6 Å². The number of fused-ring (bicyclic) bond motifs is 1. The van der Waals surface area contributed by atoms with Crippen LogP contribution in [0.15, 0.2) is 36.1 Å². The van der Waals surface area contributed by atoms with E-state index in [1.807, 2.05) is 18.2 Å². The van der Waals surface area contributed by atoms with Crippen molar-refractivity contribution in [1.29, 1.82) is 0 Å². The van der Waals surface area contributed by atoms with E-state index in [1.165, 1.54) is 31.4 Å². The topological polar surface area (TPSA) is 107 Å². The van der Waals surface area contributed by atoms with Gasteiger partial charge < -0.3 is 20.8 Å². The largest absolute Gasteiger partial charge is 0.392 e. The van der Waals surface area contributed by atoms with Crippen LogP contribution in [0.2, 0.25) is 0 Å². The quantitative estimate of drug-likeness (QED) is 0.436.